The molecule has 100 valence electrons. The highest BCUT2D eigenvalue weighted by molar-refractivity contribution is 9.10. The van der Waals surface area contributed by atoms with Gasteiger partial charge in [0.15, 0.2) is 0 Å². The molecule has 2 rings (SSSR count). The Morgan fingerprint density at radius 2 is 1.74 bits per heavy atom. The van der Waals surface area contributed by atoms with Crippen molar-refractivity contribution in [3.8, 4) is 0 Å². The summed E-state index contributed by atoms with van der Waals surface area (Å²) < 4.78 is 28.0. The highest BCUT2D eigenvalue weighted by Gasteiger charge is 2.15. The van der Waals surface area contributed by atoms with Crippen LogP contribution in [0.1, 0.15) is 12.5 Å². The van der Waals surface area contributed by atoms with Crippen molar-refractivity contribution in [1.29, 1.82) is 0 Å². The summed E-state index contributed by atoms with van der Waals surface area (Å²) >= 11 is 3.09. The predicted molar refractivity (Wildman–Crippen MR) is 77.2 cm³/mol. The van der Waals surface area contributed by atoms with Gasteiger partial charge in [-0.15, -0.1) is 0 Å². The third kappa shape index (κ3) is 3.13. The van der Waals surface area contributed by atoms with E-state index in [2.05, 4.69) is 15.9 Å². The van der Waals surface area contributed by atoms with Crippen molar-refractivity contribution in [2.75, 3.05) is 11.4 Å². The minimum absolute atomic E-state index is 0.0834. The second kappa shape index (κ2) is 6.15. The molecule has 0 atom stereocenters. The zero-order valence-corrected chi connectivity index (χ0v) is 12.1. The first kappa shape index (κ1) is 14.0. The van der Waals surface area contributed by atoms with Gasteiger partial charge in [-0.1, -0.05) is 18.2 Å². The standard InChI is InChI=1S/C15H14BrF2N/c1-2-19(11-6-4-3-5-7-11)10-12-14(17)9-8-13(16)15(12)18/h3-9H,2,10H2,1H3. The normalized spacial score (nSPS) is 10.5. The lowest BCUT2D eigenvalue weighted by Gasteiger charge is -2.23. The summed E-state index contributed by atoms with van der Waals surface area (Å²) in [6, 6.07) is 12.2. The first-order chi connectivity index (χ1) is 9.13. The van der Waals surface area contributed by atoms with E-state index in [0.29, 0.717) is 6.54 Å². The highest BCUT2D eigenvalue weighted by Crippen LogP contribution is 2.24. The van der Waals surface area contributed by atoms with E-state index in [0.717, 1.165) is 5.69 Å². The minimum atomic E-state index is -0.533. The molecule has 0 aromatic heterocycles. The highest BCUT2D eigenvalue weighted by atomic mass is 79.9. The molecule has 0 heterocycles. The summed E-state index contributed by atoms with van der Waals surface area (Å²) in [5.74, 6) is -1.05. The topological polar surface area (TPSA) is 3.24 Å². The van der Waals surface area contributed by atoms with Crippen molar-refractivity contribution in [3.63, 3.8) is 0 Å². The van der Waals surface area contributed by atoms with Crippen LogP contribution < -0.4 is 4.90 Å². The van der Waals surface area contributed by atoms with Gasteiger partial charge in [0.05, 0.1) is 4.47 Å². The maximum atomic E-state index is 14.0. The zero-order chi connectivity index (χ0) is 13.8. The lowest BCUT2D eigenvalue weighted by atomic mass is 10.1. The number of anilines is 1. The maximum Gasteiger partial charge on any atom is 0.145 e. The van der Waals surface area contributed by atoms with Crippen molar-refractivity contribution in [2.45, 2.75) is 13.5 Å². The summed E-state index contributed by atoms with van der Waals surface area (Å²) in [7, 11) is 0. The molecule has 2 aromatic carbocycles. The number of hydrogen-bond donors (Lipinski definition) is 0. The molecular weight excluding hydrogens is 312 g/mol. The van der Waals surface area contributed by atoms with E-state index in [1.54, 1.807) is 0 Å². The molecule has 0 radical (unpaired) electrons. The number of halogens is 3. The minimum Gasteiger partial charge on any atom is -0.367 e. The Morgan fingerprint density at radius 3 is 2.37 bits per heavy atom. The Kier molecular flexibility index (Phi) is 4.53. The smallest absolute Gasteiger partial charge is 0.145 e. The fraction of sp³-hybridized carbons (Fsp3) is 0.200. The van der Waals surface area contributed by atoms with Gasteiger partial charge in [0.1, 0.15) is 11.6 Å². The van der Waals surface area contributed by atoms with E-state index in [-0.39, 0.29) is 16.6 Å². The molecule has 0 unspecified atom stereocenters. The van der Waals surface area contributed by atoms with Crippen LogP contribution in [0.2, 0.25) is 0 Å². The lowest BCUT2D eigenvalue weighted by molar-refractivity contribution is 0.547. The van der Waals surface area contributed by atoms with Gasteiger partial charge in [-0.2, -0.15) is 0 Å². The van der Waals surface area contributed by atoms with E-state index >= 15 is 0 Å². The summed E-state index contributed by atoms with van der Waals surface area (Å²) in [5, 5.41) is 0. The maximum absolute atomic E-state index is 14.0. The first-order valence-electron chi connectivity index (χ1n) is 6.06. The van der Waals surface area contributed by atoms with Gasteiger partial charge >= 0.3 is 0 Å². The Labute approximate surface area is 120 Å². The number of para-hydroxylation sites is 1. The Hall–Kier alpha value is -1.42. The number of rotatable bonds is 4. The number of nitrogens with zero attached hydrogens (tertiary/aromatic N) is 1. The first-order valence-corrected chi connectivity index (χ1v) is 6.85. The second-order valence-electron chi connectivity index (χ2n) is 4.17. The fourth-order valence-corrected chi connectivity index (χ4v) is 2.30. The van der Waals surface area contributed by atoms with Crippen molar-refractivity contribution in [3.05, 3.63) is 64.1 Å². The van der Waals surface area contributed by atoms with Gasteiger partial charge < -0.3 is 4.90 Å². The van der Waals surface area contributed by atoms with Crippen molar-refractivity contribution >= 4 is 21.6 Å². The molecule has 0 amide bonds. The van der Waals surface area contributed by atoms with E-state index < -0.39 is 11.6 Å². The van der Waals surface area contributed by atoms with Gasteiger partial charge in [0.25, 0.3) is 0 Å². The summed E-state index contributed by atoms with van der Waals surface area (Å²) in [6.07, 6.45) is 0. The van der Waals surface area contributed by atoms with Crippen molar-refractivity contribution in [1.82, 2.24) is 0 Å². The monoisotopic (exact) mass is 325 g/mol. The van der Waals surface area contributed by atoms with Crippen LogP contribution in [0.15, 0.2) is 46.9 Å². The summed E-state index contributed by atoms with van der Waals surface area (Å²) in [5.41, 5.74) is 1.03. The molecule has 1 nitrogen and oxygen atoms in total. The largest absolute Gasteiger partial charge is 0.367 e. The van der Waals surface area contributed by atoms with Crippen LogP contribution in [0.4, 0.5) is 14.5 Å². The summed E-state index contributed by atoms with van der Waals surface area (Å²) in [6.45, 7) is 2.84. The average Bonchev–Trinajstić information content (AvgIpc) is 2.44. The molecule has 0 saturated heterocycles. The molecule has 0 bridgehead atoms. The Morgan fingerprint density at radius 1 is 1.05 bits per heavy atom. The molecule has 0 saturated carbocycles. The third-order valence-corrected chi connectivity index (χ3v) is 3.60. The van der Waals surface area contributed by atoms with E-state index in [4.69, 9.17) is 0 Å². The van der Waals surface area contributed by atoms with E-state index in [1.165, 1.54) is 12.1 Å². The van der Waals surface area contributed by atoms with E-state index in [9.17, 15) is 8.78 Å². The predicted octanol–water partition coefficient (Wildman–Crippen LogP) is 4.75. The Balaban J connectivity index is 2.32. The quantitative estimate of drug-likeness (QED) is 0.733. The molecule has 0 N–H and O–H groups in total. The number of benzene rings is 2. The van der Waals surface area contributed by atoms with Crippen LogP contribution >= 0.6 is 15.9 Å². The van der Waals surface area contributed by atoms with Crippen molar-refractivity contribution < 1.29 is 8.78 Å². The van der Waals surface area contributed by atoms with Gasteiger partial charge in [-0.3, -0.25) is 0 Å². The van der Waals surface area contributed by atoms with Gasteiger partial charge in [-0.25, -0.2) is 8.78 Å². The van der Waals surface area contributed by atoms with Gasteiger partial charge in [-0.05, 0) is 47.1 Å². The van der Waals surface area contributed by atoms with Crippen LogP contribution in [0.5, 0.6) is 0 Å². The lowest BCUT2D eigenvalue weighted by Crippen LogP contribution is -2.23. The summed E-state index contributed by atoms with van der Waals surface area (Å²) in [4.78, 5) is 1.92. The average molecular weight is 326 g/mol. The molecule has 0 aliphatic carbocycles. The molecule has 19 heavy (non-hydrogen) atoms. The molecule has 0 fully saturated rings. The zero-order valence-electron chi connectivity index (χ0n) is 10.5. The number of hydrogen-bond acceptors (Lipinski definition) is 1. The van der Waals surface area contributed by atoms with Crippen LogP contribution in [-0.2, 0) is 6.54 Å². The second-order valence-corrected chi connectivity index (χ2v) is 5.03. The van der Waals surface area contributed by atoms with Crippen LogP contribution in [-0.4, -0.2) is 6.54 Å². The third-order valence-electron chi connectivity index (χ3n) is 2.99. The van der Waals surface area contributed by atoms with Crippen LogP contribution in [0.25, 0.3) is 0 Å². The fourth-order valence-electron chi connectivity index (χ4n) is 1.93. The molecule has 0 spiro atoms. The molecular formula is C15H14BrF2N. The molecule has 4 heteroatoms. The molecule has 0 aliphatic rings. The SMILES string of the molecule is CCN(Cc1c(F)ccc(Br)c1F)c1ccccc1. The molecule has 2 aromatic rings. The van der Waals surface area contributed by atoms with Crippen LogP contribution in [0.3, 0.4) is 0 Å². The van der Waals surface area contributed by atoms with Gasteiger partial charge in [0, 0.05) is 24.3 Å². The van der Waals surface area contributed by atoms with Crippen LogP contribution in [0, 0.1) is 11.6 Å². The van der Waals surface area contributed by atoms with Crippen molar-refractivity contribution in [2.24, 2.45) is 0 Å². The van der Waals surface area contributed by atoms with E-state index in [1.807, 2.05) is 42.2 Å². The Bertz CT molecular complexity index is 558. The van der Waals surface area contributed by atoms with Gasteiger partial charge in [0.2, 0.25) is 0 Å². The molecule has 0 aliphatic heterocycles.